The third kappa shape index (κ3) is 2.35. The molecule has 1 heterocycles. The van der Waals surface area contributed by atoms with Crippen molar-refractivity contribution in [2.24, 2.45) is 7.05 Å². The van der Waals surface area contributed by atoms with E-state index in [-0.39, 0.29) is 0 Å². The molecule has 7 nitrogen and oxygen atoms in total. The minimum Gasteiger partial charge on any atom is -0.481 e. The van der Waals surface area contributed by atoms with Crippen molar-refractivity contribution in [1.29, 1.82) is 0 Å². The molecule has 2 rings (SSSR count). The number of benzene rings is 1. The van der Waals surface area contributed by atoms with E-state index in [0.29, 0.717) is 16.8 Å². The van der Waals surface area contributed by atoms with Gasteiger partial charge in [0, 0.05) is 25.8 Å². The van der Waals surface area contributed by atoms with Crippen molar-refractivity contribution in [3.63, 3.8) is 0 Å². The minimum atomic E-state index is -1.19. The highest BCUT2D eigenvalue weighted by atomic mass is 16.4. The van der Waals surface area contributed by atoms with Gasteiger partial charge in [-0.2, -0.15) is 0 Å². The number of rotatable bonds is 3. The number of anilines is 1. The second-order valence-corrected chi connectivity index (χ2v) is 4.10. The number of amides is 1. The van der Waals surface area contributed by atoms with Crippen LogP contribution in [0, 0.1) is 0 Å². The summed E-state index contributed by atoms with van der Waals surface area (Å²) < 4.78 is 6.35. The van der Waals surface area contributed by atoms with Crippen LogP contribution in [0.5, 0.6) is 0 Å². The lowest BCUT2D eigenvalue weighted by atomic mass is 10.2. The summed E-state index contributed by atoms with van der Waals surface area (Å²) in [5, 5.41) is 8.58. The lowest BCUT2D eigenvalue weighted by Crippen LogP contribution is -2.28. The Morgan fingerprint density at radius 3 is 2.74 bits per heavy atom. The van der Waals surface area contributed by atoms with Gasteiger partial charge >= 0.3 is 11.7 Å². The average Bonchev–Trinajstić information content (AvgIpc) is 2.63. The van der Waals surface area contributed by atoms with Gasteiger partial charge in [0.05, 0.1) is 5.52 Å². The number of carboxylic acids is 1. The van der Waals surface area contributed by atoms with Gasteiger partial charge < -0.3 is 14.4 Å². The third-order valence-corrected chi connectivity index (χ3v) is 2.84. The van der Waals surface area contributed by atoms with Crippen LogP contribution in [0.15, 0.2) is 27.4 Å². The van der Waals surface area contributed by atoms with Crippen molar-refractivity contribution in [2.75, 3.05) is 11.9 Å². The van der Waals surface area contributed by atoms with Gasteiger partial charge in [-0.1, -0.05) is 0 Å². The number of carboxylic acid groups (broad SMARTS) is 1. The number of aryl methyl sites for hydroxylation is 1. The molecule has 1 aromatic carbocycles. The van der Waals surface area contributed by atoms with E-state index >= 15 is 0 Å². The van der Waals surface area contributed by atoms with Gasteiger partial charge in [0.2, 0.25) is 5.91 Å². The molecule has 0 atom stereocenters. The normalized spacial score (nSPS) is 10.6. The summed E-state index contributed by atoms with van der Waals surface area (Å²) in [4.78, 5) is 34.7. The molecular formula is C12H12N2O5. The molecule has 1 amide bonds. The maximum absolute atomic E-state index is 11.6. The first-order valence-corrected chi connectivity index (χ1v) is 5.48. The van der Waals surface area contributed by atoms with Gasteiger partial charge in [-0.15, -0.1) is 0 Å². The standard InChI is InChI=1S/C12H12N2O5/c1-13(10(15)6-11(16)17)7-3-4-8-9(5-7)19-12(18)14(8)2/h3-5H,6H2,1-2H3,(H,16,17). The number of hydrogen-bond acceptors (Lipinski definition) is 4. The van der Waals surface area contributed by atoms with E-state index in [0.717, 1.165) is 0 Å². The Morgan fingerprint density at radius 1 is 1.42 bits per heavy atom. The highest BCUT2D eigenvalue weighted by Crippen LogP contribution is 2.20. The van der Waals surface area contributed by atoms with Crippen LogP contribution >= 0.6 is 0 Å². The quantitative estimate of drug-likeness (QED) is 0.818. The molecular weight excluding hydrogens is 252 g/mol. The van der Waals surface area contributed by atoms with E-state index in [1.807, 2.05) is 0 Å². The third-order valence-electron chi connectivity index (χ3n) is 2.84. The molecule has 0 aliphatic heterocycles. The molecule has 0 radical (unpaired) electrons. The number of carbonyl (C=O) groups excluding carboxylic acids is 1. The fourth-order valence-electron chi connectivity index (χ4n) is 1.72. The second-order valence-electron chi connectivity index (χ2n) is 4.10. The Hall–Kier alpha value is -2.57. The molecule has 1 N–H and O–H groups in total. The Labute approximate surface area is 107 Å². The Morgan fingerprint density at radius 2 is 2.11 bits per heavy atom. The Balaban J connectivity index is 2.38. The zero-order chi connectivity index (χ0) is 14.2. The fraction of sp³-hybridized carbons (Fsp3) is 0.250. The van der Waals surface area contributed by atoms with Crippen LogP contribution in [0.2, 0.25) is 0 Å². The van der Waals surface area contributed by atoms with Gasteiger partial charge in [-0.3, -0.25) is 14.2 Å². The molecule has 0 aliphatic carbocycles. The predicted molar refractivity (Wildman–Crippen MR) is 67.1 cm³/mol. The molecule has 1 aromatic heterocycles. The monoisotopic (exact) mass is 264 g/mol. The van der Waals surface area contributed by atoms with E-state index in [1.165, 1.54) is 22.6 Å². The van der Waals surface area contributed by atoms with Gasteiger partial charge in [-0.25, -0.2) is 4.79 Å². The van der Waals surface area contributed by atoms with E-state index in [4.69, 9.17) is 9.52 Å². The molecule has 0 aliphatic rings. The van der Waals surface area contributed by atoms with Gasteiger partial charge in [-0.05, 0) is 12.1 Å². The first kappa shape index (κ1) is 12.9. The highest BCUT2D eigenvalue weighted by molar-refractivity contribution is 6.03. The molecule has 100 valence electrons. The molecule has 19 heavy (non-hydrogen) atoms. The lowest BCUT2D eigenvalue weighted by molar-refractivity contribution is -0.140. The van der Waals surface area contributed by atoms with Crippen LogP contribution in [0.25, 0.3) is 11.1 Å². The Kier molecular flexibility index (Phi) is 3.12. The summed E-state index contributed by atoms with van der Waals surface area (Å²) in [6, 6.07) is 4.79. The van der Waals surface area contributed by atoms with E-state index < -0.39 is 24.1 Å². The van der Waals surface area contributed by atoms with Crippen molar-refractivity contribution in [3.8, 4) is 0 Å². The predicted octanol–water partition coefficient (Wildman–Crippen LogP) is 0.569. The summed E-state index contributed by atoms with van der Waals surface area (Å²) in [6.07, 6.45) is -0.590. The van der Waals surface area contributed by atoms with Crippen LogP contribution in [-0.2, 0) is 16.6 Å². The Bertz CT molecular complexity index is 712. The molecule has 0 fully saturated rings. The molecule has 7 heteroatoms. The fourth-order valence-corrected chi connectivity index (χ4v) is 1.72. The largest absolute Gasteiger partial charge is 0.481 e. The zero-order valence-electron chi connectivity index (χ0n) is 10.4. The van der Waals surface area contributed by atoms with Gasteiger partial charge in [0.1, 0.15) is 6.42 Å². The summed E-state index contributed by atoms with van der Waals surface area (Å²) >= 11 is 0. The number of oxazole rings is 1. The first-order chi connectivity index (χ1) is 8.90. The topological polar surface area (TPSA) is 92.8 Å². The summed E-state index contributed by atoms with van der Waals surface area (Å²) in [5.41, 5.74) is 1.42. The molecule has 0 unspecified atom stereocenters. The van der Waals surface area contributed by atoms with Crippen molar-refractivity contribution >= 4 is 28.7 Å². The summed E-state index contributed by atoms with van der Waals surface area (Å²) in [7, 11) is 3.04. The summed E-state index contributed by atoms with van der Waals surface area (Å²) in [5.74, 6) is -2.24. The molecule has 0 spiro atoms. The number of nitrogens with zero attached hydrogens (tertiary/aromatic N) is 2. The number of fused-ring (bicyclic) bond motifs is 1. The van der Waals surface area contributed by atoms with E-state index in [1.54, 1.807) is 19.2 Å². The van der Waals surface area contributed by atoms with Crippen molar-refractivity contribution in [2.45, 2.75) is 6.42 Å². The second kappa shape index (κ2) is 4.60. The van der Waals surface area contributed by atoms with Crippen LogP contribution < -0.4 is 10.7 Å². The zero-order valence-corrected chi connectivity index (χ0v) is 10.4. The number of carbonyl (C=O) groups is 2. The maximum atomic E-state index is 11.6. The smallest absolute Gasteiger partial charge is 0.419 e. The highest BCUT2D eigenvalue weighted by Gasteiger charge is 2.16. The van der Waals surface area contributed by atoms with Crippen LogP contribution in [0.3, 0.4) is 0 Å². The van der Waals surface area contributed by atoms with E-state index in [2.05, 4.69) is 0 Å². The molecule has 0 saturated heterocycles. The molecule has 2 aromatic rings. The van der Waals surface area contributed by atoms with Crippen LogP contribution in [-0.4, -0.2) is 28.6 Å². The molecule has 0 saturated carbocycles. The summed E-state index contributed by atoms with van der Waals surface area (Å²) in [6.45, 7) is 0. The van der Waals surface area contributed by atoms with Crippen molar-refractivity contribution in [3.05, 3.63) is 28.7 Å². The van der Waals surface area contributed by atoms with Gasteiger partial charge in [0.25, 0.3) is 0 Å². The van der Waals surface area contributed by atoms with Crippen LogP contribution in [0.1, 0.15) is 6.42 Å². The minimum absolute atomic E-state index is 0.347. The number of aliphatic carboxylic acids is 1. The number of hydrogen-bond donors (Lipinski definition) is 1. The lowest BCUT2D eigenvalue weighted by Gasteiger charge is -2.15. The van der Waals surface area contributed by atoms with E-state index in [9.17, 15) is 14.4 Å². The SMILES string of the molecule is CN(C(=O)CC(=O)O)c1ccc2c(c1)oc(=O)n2C. The van der Waals surface area contributed by atoms with Gasteiger partial charge in [0.15, 0.2) is 5.58 Å². The van der Waals surface area contributed by atoms with Crippen molar-refractivity contribution < 1.29 is 19.1 Å². The average molecular weight is 264 g/mol. The van der Waals surface area contributed by atoms with Crippen LogP contribution in [0.4, 0.5) is 5.69 Å². The maximum Gasteiger partial charge on any atom is 0.419 e. The first-order valence-electron chi connectivity index (χ1n) is 5.48. The number of aromatic nitrogens is 1. The van der Waals surface area contributed by atoms with Crippen molar-refractivity contribution in [1.82, 2.24) is 4.57 Å². The molecule has 0 bridgehead atoms.